The van der Waals surface area contributed by atoms with Crippen LogP contribution in [0.15, 0.2) is 30.6 Å². The summed E-state index contributed by atoms with van der Waals surface area (Å²) in [7, 11) is 0. The van der Waals surface area contributed by atoms with Crippen LogP contribution in [-0.2, 0) is 0 Å². The van der Waals surface area contributed by atoms with Crippen LogP contribution in [0.3, 0.4) is 0 Å². The van der Waals surface area contributed by atoms with Crippen molar-refractivity contribution in [3.8, 4) is 0 Å². The van der Waals surface area contributed by atoms with E-state index in [9.17, 15) is 0 Å². The van der Waals surface area contributed by atoms with Crippen LogP contribution in [0.25, 0.3) is 6.20 Å². The number of aromatic nitrogens is 1. The number of unbranched alkanes of at least 4 members (excludes halogenated alkanes) is 11. The topological polar surface area (TPSA) is 4.93 Å². The third-order valence-electron chi connectivity index (χ3n) is 3.88. The van der Waals surface area contributed by atoms with Crippen LogP contribution in [0.5, 0.6) is 0 Å². The van der Waals surface area contributed by atoms with Crippen molar-refractivity contribution in [2.45, 2.75) is 84.0 Å². The minimum atomic E-state index is 1.22. The van der Waals surface area contributed by atoms with Gasteiger partial charge in [-0.3, -0.25) is 0 Å². The minimum absolute atomic E-state index is 1.22. The molecule has 0 fully saturated rings. The van der Waals surface area contributed by atoms with Gasteiger partial charge in [-0.2, -0.15) is 0 Å². The summed E-state index contributed by atoms with van der Waals surface area (Å²) in [5, 5.41) is 0. The van der Waals surface area contributed by atoms with E-state index in [1.807, 2.05) is 0 Å². The largest absolute Gasteiger partial charge is 0.331 e. The summed E-state index contributed by atoms with van der Waals surface area (Å²) in [6.07, 6.45) is 25.5. The summed E-state index contributed by atoms with van der Waals surface area (Å²) in [5.74, 6) is 0. The molecule has 1 rings (SSSR count). The number of hydrogen-bond donors (Lipinski definition) is 0. The van der Waals surface area contributed by atoms with Gasteiger partial charge in [0, 0.05) is 18.6 Å². The Balaban J connectivity index is 1.76. The van der Waals surface area contributed by atoms with E-state index in [1.54, 1.807) is 0 Å². The van der Waals surface area contributed by atoms with Gasteiger partial charge in [0.1, 0.15) is 0 Å². The standard InChI is InChI=1S/C19H33N/c1-2-3-4-5-6-7-8-9-10-11-12-13-14-17-20-18-15-16-19-20/h14-19H,2-13H2,1H3. The molecule has 0 aliphatic carbocycles. The highest BCUT2D eigenvalue weighted by Crippen LogP contribution is 2.12. The number of hydrogen-bond acceptors (Lipinski definition) is 0. The smallest absolute Gasteiger partial charge is 0.00823 e. The zero-order valence-electron chi connectivity index (χ0n) is 13.4. The van der Waals surface area contributed by atoms with Crippen molar-refractivity contribution in [2.24, 2.45) is 0 Å². The third kappa shape index (κ3) is 9.89. The molecule has 0 aromatic carbocycles. The lowest BCUT2D eigenvalue weighted by atomic mass is 10.1. The molecular weight excluding hydrogens is 242 g/mol. The van der Waals surface area contributed by atoms with E-state index in [1.165, 1.54) is 77.0 Å². The Kier molecular flexibility index (Phi) is 11.1. The van der Waals surface area contributed by atoms with Crippen molar-refractivity contribution in [3.05, 3.63) is 30.6 Å². The molecule has 114 valence electrons. The van der Waals surface area contributed by atoms with Gasteiger partial charge in [0.05, 0.1) is 0 Å². The molecule has 0 saturated carbocycles. The second-order valence-corrected chi connectivity index (χ2v) is 5.84. The fraction of sp³-hybridized carbons (Fsp3) is 0.684. The predicted octanol–water partition coefficient (Wildman–Crippen LogP) is 6.66. The second kappa shape index (κ2) is 13.0. The average molecular weight is 275 g/mol. The first kappa shape index (κ1) is 17.1. The van der Waals surface area contributed by atoms with Gasteiger partial charge in [-0.15, -0.1) is 0 Å². The Hall–Kier alpha value is -0.980. The van der Waals surface area contributed by atoms with Gasteiger partial charge < -0.3 is 4.57 Å². The molecule has 1 heteroatoms. The molecule has 1 aromatic rings. The van der Waals surface area contributed by atoms with Crippen molar-refractivity contribution in [3.63, 3.8) is 0 Å². The van der Waals surface area contributed by atoms with Gasteiger partial charge in [0.2, 0.25) is 0 Å². The molecule has 0 amide bonds. The maximum atomic E-state index is 2.29. The van der Waals surface area contributed by atoms with E-state index in [0.29, 0.717) is 0 Å². The SMILES string of the molecule is CCCCCCCCCCCCCC=Cn1cccc1. The molecule has 0 aliphatic heterocycles. The lowest BCUT2D eigenvalue weighted by molar-refractivity contribution is 0.550. The number of allylic oxidation sites excluding steroid dienone is 1. The first-order valence-electron chi connectivity index (χ1n) is 8.72. The molecule has 1 heterocycles. The summed E-state index contributed by atoms with van der Waals surface area (Å²) >= 11 is 0. The second-order valence-electron chi connectivity index (χ2n) is 5.84. The summed E-state index contributed by atoms with van der Waals surface area (Å²) in [6.45, 7) is 2.29. The molecule has 1 nitrogen and oxygen atoms in total. The van der Waals surface area contributed by atoms with Crippen molar-refractivity contribution < 1.29 is 0 Å². The Morgan fingerprint density at radius 3 is 1.75 bits per heavy atom. The van der Waals surface area contributed by atoms with Crippen LogP contribution in [0, 0.1) is 0 Å². The lowest BCUT2D eigenvalue weighted by Crippen LogP contribution is -1.82. The normalized spacial score (nSPS) is 11.4. The molecule has 1 aromatic heterocycles. The summed E-state index contributed by atoms with van der Waals surface area (Å²) in [4.78, 5) is 0. The van der Waals surface area contributed by atoms with Gasteiger partial charge in [0.15, 0.2) is 0 Å². The molecule has 0 bridgehead atoms. The number of rotatable bonds is 13. The van der Waals surface area contributed by atoms with Crippen LogP contribution in [0.1, 0.15) is 84.0 Å². The van der Waals surface area contributed by atoms with E-state index in [4.69, 9.17) is 0 Å². The van der Waals surface area contributed by atoms with Crippen LogP contribution in [0.4, 0.5) is 0 Å². The highest BCUT2D eigenvalue weighted by atomic mass is 14.9. The van der Waals surface area contributed by atoms with Crippen LogP contribution in [-0.4, -0.2) is 4.57 Å². The van der Waals surface area contributed by atoms with Crippen molar-refractivity contribution in [1.29, 1.82) is 0 Å². The Labute approximate surface area is 126 Å². The summed E-state index contributed by atoms with van der Waals surface area (Å²) < 4.78 is 2.11. The zero-order valence-corrected chi connectivity index (χ0v) is 13.4. The van der Waals surface area contributed by atoms with Gasteiger partial charge in [-0.05, 0) is 25.0 Å². The average Bonchev–Trinajstić information content (AvgIpc) is 2.97. The molecule has 0 unspecified atom stereocenters. The Morgan fingerprint density at radius 2 is 1.20 bits per heavy atom. The lowest BCUT2D eigenvalue weighted by Gasteiger charge is -2.01. The molecule has 0 radical (unpaired) electrons. The van der Waals surface area contributed by atoms with Crippen molar-refractivity contribution in [2.75, 3.05) is 0 Å². The van der Waals surface area contributed by atoms with Gasteiger partial charge >= 0.3 is 0 Å². The monoisotopic (exact) mass is 275 g/mol. The number of nitrogens with zero attached hydrogens (tertiary/aromatic N) is 1. The van der Waals surface area contributed by atoms with Gasteiger partial charge in [0.25, 0.3) is 0 Å². The van der Waals surface area contributed by atoms with Crippen LogP contribution in [0.2, 0.25) is 0 Å². The maximum absolute atomic E-state index is 2.29. The zero-order chi connectivity index (χ0) is 14.3. The van der Waals surface area contributed by atoms with Crippen LogP contribution < -0.4 is 0 Å². The Bertz CT molecular complexity index is 311. The van der Waals surface area contributed by atoms with E-state index >= 15 is 0 Å². The molecule has 20 heavy (non-hydrogen) atoms. The highest BCUT2D eigenvalue weighted by Gasteiger charge is 1.92. The fourth-order valence-electron chi connectivity index (χ4n) is 2.57. The quantitative estimate of drug-likeness (QED) is 0.355. The van der Waals surface area contributed by atoms with Gasteiger partial charge in [-0.1, -0.05) is 77.2 Å². The molecule has 0 spiro atoms. The highest BCUT2D eigenvalue weighted by molar-refractivity contribution is 5.22. The van der Waals surface area contributed by atoms with E-state index in [-0.39, 0.29) is 0 Å². The fourth-order valence-corrected chi connectivity index (χ4v) is 2.57. The van der Waals surface area contributed by atoms with Crippen molar-refractivity contribution >= 4 is 6.20 Å². The molecular formula is C19H33N. The Morgan fingerprint density at radius 1 is 0.700 bits per heavy atom. The minimum Gasteiger partial charge on any atom is -0.331 e. The van der Waals surface area contributed by atoms with Crippen LogP contribution >= 0.6 is 0 Å². The van der Waals surface area contributed by atoms with Crippen molar-refractivity contribution in [1.82, 2.24) is 4.57 Å². The predicted molar refractivity (Wildman–Crippen MR) is 90.8 cm³/mol. The molecule has 0 atom stereocenters. The molecule has 0 saturated heterocycles. The summed E-state index contributed by atoms with van der Waals surface area (Å²) in [5.41, 5.74) is 0. The summed E-state index contributed by atoms with van der Waals surface area (Å²) in [6, 6.07) is 4.12. The maximum Gasteiger partial charge on any atom is 0.00823 e. The van der Waals surface area contributed by atoms with E-state index in [0.717, 1.165) is 0 Å². The molecule has 0 N–H and O–H groups in total. The third-order valence-corrected chi connectivity index (χ3v) is 3.88. The first-order valence-corrected chi connectivity index (χ1v) is 8.72. The van der Waals surface area contributed by atoms with Gasteiger partial charge in [-0.25, -0.2) is 0 Å². The van der Waals surface area contributed by atoms with E-state index < -0.39 is 0 Å². The molecule has 0 aliphatic rings. The van der Waals surface area contributed by atoms with E-state index in [2.05, 4.69) is 48.3 Å². The first-order chi connectivity index (χ1) is 9.93.